The zero-order valence-electron chi connectivity index (χ0n) is 20.2. The highest BCUT2D eigenvalue weighted by atomic mass is 32.1. The second-order valence-electron chi connectivity index (χ2n) is 9.04. The van der Waals surface area contributed by atoms with Crippen molar-refractivity contribution in [3.8, 4) is 0 Å². The number of carbonyl (C=O) groups excluding carboxylic acids is 1. The number of hydrazine groups is 1. The van der Waals surface area contributed by atoms with E-state index in [9.17, 15) is 18.0 Å². The van der Waals surface area contributed by atoms with Crippen molar-refractivity contribution in [3.63, 3.8) is 0 Å². The molecule has 36 heavy (non-hydrogen) atoms. The largest absolute Gasteiger partial charge is 0.410 e. The van der Waals surface area contributed by atoms with E-state index in [1.807, 2.05) is 64.1 Å². The fourth-order valence-electron chi connectivity index (χ4n) is 4.17. The number of anilines is 2. The SMILES string of the molecule is Cc1ccc(NC(=S)NNC(=O)c2cc3n(n2)[C@@H](C(F)(F)F)C[C@@H](c2ccc(C)c(C)c2)N3)c(C)c1. The zero-order valence-corrected chi connectivity index (χ0v) is 21.1. The van der Waals surface area contributed by atoms with Crippen molar-refractivity contribution in [2.75, 3.05) is 10.6 Å². The van der Waals surface area contributed by atoms with Crippen LogP contribution in [0.3, 0.4) is 0 Å². The van der Waals surface area contributed by atoms with Gasteiger partial charge in [-0.3, -0.25) is 15.6 Å². The molecular weight excluding hydrogens is 489 g/mol. The Bertz CT molecular complexity index is 1320. The molecule has 0 saturated heterocycles. The Morgan fingerprint density at radius 2 is 1.78 bits per heavy atom. The molecule has 11 heteroatoms. The number of aryl methyl sites for hydroxylation is 4. The number of thiocarbonyl (C=S) groups is 1. The topological polar surface area (TPSA) is 83.0 Å². The van der Waals surface area contributed by atoms with Crippen LogP contribution in [0.4, 0.5) is 24.7 Å². The van der Waals surface area contributed by atoms with Gasteiger partial charge in [-0.2, -0.15) is 18.3 Å². The summed E-state index contributed by atoms with van der Waals surface area (Å²) in [4.78, 5) is 12.7. The second kappa shape index (κ2) is 9.81. The quantitative estimate of drug-likeness (QED) is 0.275. The molecule has 4 rings (SSSR count). The third-order valence-electron chi connectivity index (χ3n) is 6.28. The molecule has 2 aromatic carbocycles. The molecule has 0 fully saturated rings. The lowest BCUT2D eigenvalue weighted by Gasteiger charge is -2.33. The van der Waals surface area contributed by atoms with E-state index in [0.29, 0.717) is 0 Å². The lowest BCUT2D eigenvalue weighted by atomic mass is 9.94. The average molecular weight is 517 g/mol. The Hall–Kier alpha value is -3.60. The van der Waals surface area contributed by atoms with Crippen molar-refractivity contribution in [1.29, 1.82) is 0 Å². The van der Waals surface area contributed by atoms with E-state index >= 15 is 0 Å². The standard InChI is InChI=1S/C25H27F3N6OS/c1-13-5-8-18(16(4)9-13)30-24(36)32-31-23(35)20-12-22-29-19(17-7-6-14(2)15(3)10-17)11-21(25(26,27)28)34(22)33-20/h5-10,12,19,21,29H,11H2,1-4H3,(H,31,35)(H2,30,32,36)/t19-,21+/m0/s1. The number of nitrogens with zero attached hydrogens (tertiary/aromatic N) is 2. The normalized spacial score (nSPS) is 17.1. The first kappa shape index (κ1) is 25.5. The van der Waals surface area contributed by atoms with Gasteiger partial charge < -0.3 is 10.6 Å². The van der Waals surface area contributed by atoms with E-state index in [1.165, 1.54) is 6.07 Å². The molecule has 4 N–H and O–H groups in total. The molecule has 0 unspecified atom stereocenters. The van der Waals surface area contributed by atoms with Gasteiger partial charge in [0.05, 0.1) is 6.04 Å². The van der Waals surface area contributed by atoms with E-state index in [-0.39, 0.29) is 23.0 Å². The molecule has 0 saturated carbocycles. The number of fused-ring (bicyclic) bond motifs is 1. The Labute approximate surface area is 212 Å². The summed E-state index contributed by atoms with van der Waals surface area (Å²) >= 11 is 5.22. The number of hydrogen-bond acceptors (Lipinski definition) is 4. The van der Waals surface area contributed by atoms with Gasteiger partial charge >= 0.3 is 6.18 Å². The molecule has 1 amide bonds. The zero-order chi connectivity index (χ0) is 26.2. The van der Waals surface area contributed by atoms with Gasteiger partial charge in [0.25, 0.3) is 5.91 Å². The summed E-state index contributed by atoms with van der Waals surface area (Å²) in [6.45, 7) is 7.76. The van der Waals surface area contributed by atoms with Crippen molar-refractivity contribution < 1.29 is 18.0 Å². The number of hydrogen-bond donors (Lipinski definition) is 4. The Balaban J connectivity index is 1.49. The van der Waals surface area contributed by atoms with Crippen molar-refractivity contribution in [3.05, 3.63) is 76.0 Å². The van der Waals surface area contributed by atoms with Gasteiger partial charge in [-0.05, 0) is 68.2 Å². The molecule has 1 aliphatic rings. The van der Waals surface area contributed by atoms with Crippen LogP contribution in [0.2, 0.25) is 0 Å². The first-order valence-electron chi connectivity index (χ1n) is 11.4. The van der Waals surface area contributed by atoms with Crippen LogP contribution in [0, 0.1) is 27.7 Å². The third-order valence-corrected chi connectivity index (χ3v) is 6.48. The van der Waals surface area contributed by atoms with Crippen LogP contribution in [-0.2, 0) is 0 Å². The van der Waals surface area contributed by atoms with E-state index in [0.717, 1.165) is 38.2 Å². The van der Waals surface area contributed by atoms with Gasteiger partial charge in [0.1, 0.15) is 5.82 Å². The Kier molecular flexibility index (Phi) is 6.94. The molecule has 7 nitrogen and oxygen atoms in total. The smallest absolute Gasteiger partial charge is 0.363 e. The fraction of sp³-hybridized carbons (Fsp3) is 0.320. The molecule has 0 bridgehead atoms. The Morgan fingerprint density at radius 3 is 2.44 bits per heavy atom. The molecule has 2 atom stereocenters. The highest BCUT2D eigenvalue weighted by Crippen LogP contribution is 2.43. The van der Waals surface area contributed by atoms with Crippen LogP contribution in [0.25, 0.3) is 0 Å². The monoisotopic (exact) mass is 516 g/mol. The summed E-state index contributed by atoms with van der Waals surface area (Å²) in [6, 6.07) is 10.2. The minimum atomic E-state index is -4.54. The first-order valence-corrected chi connectivity index (χ1v) is 11.8. The third kappa shape index (κ3) is 5.46. The maximum atomic E-state index is 14.0. The fourth-order valence-corrected chi connectivity index (χ4v) is 4.33. The number of benzene rings is 2. The summed E-state index contributed by atoms with van der Waals surface area (Å²) < 4.78 is 42.7. The summed E-state index contributed by atoms with van der Waals surface area (Å²) in [5.41, 5.74) is 10.4. The minimum Gasteiger partial charge on any atom is -0.363 e. The van der Waals surface area contributed by atoms with Gasteiger partial charge in [0.2, 0.25) is 0 Å². The second-order valence-corrected chi connectivity index (χ2v) is 9.45. The predicted octanol–water partition coefficient (Wildman–Crippen LogP) is 5.41. The van der Waals surface area contributed by atoms with E-state index in [1.54, 1.807) is 0 Å². The summed E-state index contributed by atoms with van der Waals surface area (Å²) in [5, 5.41) is 10.2. The van der Waals surface area contributed by atoms with Crippen molar-refractivity contribution in [2.24, 2.45) is 0 Å². The lowest BCUT2D eigenvalue weighted by Crippen LogP contribution is -2.44. The van der Waals surface area contributed by atoms with Crippen LogP contribution < -0.4 is 21.5 Å². The highest BCUT2D eigenvalue weighted by molar-refractivity contribution is 7.80. The van der Waals surface area contributed by atoms with E-state index in [4.69, 9.17) is 12.2 Å². The number of carbonyl (C=O) groups is 1. The van der Waals surface area contributed by atoms with Crippen molar-refractivity contribution in [1.82, 2.24) is 20.6 Å². The van der Waals surface area contributed by atoms with Gasteiger partial charge in [-0.1, -0.05) is 35.9 Å². The summed E-state index contributed by atoms with van der Waals surface area (Å²) in [5.74, 6) is -0.597. The summed E-state index contributed by atoms with van der Waals surface area (Å²) in [6.07, 6.45) is -4.78. The van der Waals surface area contributed by atoms with Crippen LogP contribution >= 0.6 is 12.2 Å². The predicted molar refractivity (Wildman–Crippen MR) is 137 cm³/mol. The number of halogens is 3. The van der Waals surface area contributed by atoms with Crippen molar-refractivity contribution >= 4 is 34.7 Å². The van der Waals surface area contributed by atoms with Crippen LogP contribution in [0.1, 0.15) is 56.8 Å². The molecule has 0 spiro atoms. The number of nitrogens with one attached hydrogen (secondary N) is 4. The molecule has 1 aliphatic heterocycles. The molecule has 0 aliphatic carbocycles. The summed E-state index contributed by atoms with van der Waals surface area (Å²) in [7, 11) is 0. The number of amides is 1. The molecule has 0 radical (unpaired) electrons. The average Bonchev–Trinajstić information content (AvgIpc) is 3.24. The maximum absolute atomic E-state index is 14.0. The van der Waals surface area contributed by atoms with Crippen molar-refractivity contribution in [2.45, 2.75) is 52.4 Å². The molecule has 2 heterocycles. The van der Waals surface area contributed by atoms with Crippen LogP contribution in [0.5, 0.6) is 0 Å². The number of rotatable bonds is 3. The van der Waals surface area contributed by atoms with Gasteiger partial charge in [0, 0.05) is 18.2 Å². The van der Waals surface area contributed by atoms with E-state index in [2.05, 4.69) is 26.6 Å². The minimum absolute atomic E-state index is 0.118. The Morgan fingerprint density at radius 1 is 1.03 bits per heavy atom. The highest BCUT2D eigenvalue weighted by Gasteiger charge is 2.46. The number of alkyl halides is 3. The van der Waals surface area contributed by atoms with Gasteiger partial charge in [0.15, 0.2) is 16.8 Å². The van der Waals surface area contributed by atoms with Gasteiger partial charge in [-0.15, -0.1) is 0 Å². The molecule has 190 valence electrons. The first-order chi connectivity index (χ1) is 16.9. The molecular formula is C25H27F3N6OS. The van der Waals surface area contributed by atoms with Gasteiger partial charge in [-0.25, -0.2) is 4.68 Å². The number of aromatic nitrogens is 2. The van der Waals surface area contributed by atoms with Crippen LogP contribution in [0.15, 0.2) is 42.5 Å². The molecule has 1 aromatic heterocycles. The van der Waals surface area contributed by atoms with Crippen LogP contribution in [-0.4, -0.2) is 27.0 Å². The van der Waals surface area contributed by atoms with E-state index < -0.39 is 24.2 Å². The molecule has 3 aromatic rings. The lowest BCUT2D eigenvalue weighted by molar-refractivity contribution is -0.173. The maximum Gasteiger partial charge on any atom is 0.410 e.